The number of hydrogen-bond donors (Lipinski definition) is 1. The molecule has 0 amide bonds. The fraction of sp³-hybridized carbons (Fsp3) is 0.900. The van der Waals surface area contributed by atoms with E-state index in [2.05, 4.69) is 32.8 Å². The van der Waals surface area contributed by atoms with Crippen LogP contribution in [0.2, 0.25) is 0 Å². The SMILES string of the molecule is CN(Cc1nnnn1C)CC1CCNCC1.Cl. The fourth-order valence-corrected chi connectivity index (χ4v) is 2.19. The Morgan fingerprint density at radius 1 is 1.41 bits per heavy atom. The van der Waals surface area contributed by atoms with E-state index in [1.807, 2.05) is 7.05 Å². The number of aromatic nitrogens is 4. The first kappa shape index (κ1) is 14.3. The van der Waals surface area contributed by atoms with E-state index in [1.165, 1.54) is 12.8 Å². The summed E-state index contributed by atoms with van der Waals surface area (Å²) in [5, 5.41) is 14.9. The molecule has 1 saturated heterocycles. The van der Waals surface area contributed by atoms with E-state index in [-0.39, 0.29) is 12.4 Å². The van der Waals surface area contributed by atoms with E-state index in [9.17, 15) is 0 Å². The van der Waals surface area contributed by atoms with Crippen LogP contribution in [0.3, 0.4) is 0 Å². The van der Waals surface area contributed by atoms with Crippen LogP contribution in [-0.2, 0) is 13.6 Å². The molecular weight excluding hydrogens is 240 g/mol. The first-order chi connectivity index (χ1) is 7.75. The van der Waals surface area contributed by atoms with Gasteiger partial charge in [-0.25, -0.2) is 4.68 Å². The lowest BCUT2D eigenvalue weighted by molar-refractivity contribution is 0.228. The third-order valence-electron chi connectivity index (χ3n) is 3.15. The number of piperidine rings is 1. The summed E-state index contributed by atoms with van der Waals surface area (Å²) in [6, 6.07) is 0. The Morgan fingerprint density at radius 3 is 2.71 bits per heavy atom. The third-order valence-corrected chi connectivity index (χ3v) is 3.15. The molecule has 0 aromatic carbocycles. The zero-order valence-corrected chi connectivity index (χ0v) is 11.3. The number of aryl methyl sites for hydroxylation is 1. The van der Waals surface area contributed by atoms with Crippen molar-refractivity contribution in [1.82, 2.24) is 30.4 Å². The summed E-state index contributed by atoms with van der Waals surface area (Å²) in [4.78, 5) is 2.31. The van der Waals surface area contributed by atoms with Crippen LogP contribution >= 0.6 is 12.4 Å². The molecule has 1 fully saturated rings. The van der Waals surface area contributed by atoms with Crippen LogP contribution < -0.4 is 5.32 Å². The second-order valence-corrected chi connectivity index (χ2v) is 4.61. The second kappa shape index (κ2) is 6.88. The Kier molecular flexibility index (Phi) is 5.80. The fourth-order valence-electron chi connectivity index (χ4n) is 2.19. The van der Waals surface area contributed by atoms with Crippen LogP contribution in [0.4, 0.5) is 0 Å². The molecule has 98 valence electrons. The molecule has 1 aliphatic heterocycles. The van der Waals surface area contributed by atoms with Crippen molar-refractivity contribution in [1.29, 1.82) is 0 Å². The molecular formula is C10H21ClN6. The molecule has 0 saturated carbocycles. The van der Waals surface area contributed by atoms with Gasteiger partial charge < -0.3 is 5.32 Å². The predicted octanol–water partition coefficient (Wildman–Crippen LogP) is 0.0633. The van der Waals surface area contributed by atoms with Gasteiger partial charge in [-0.15, -0.1) is 17.5 Å². The molecule has 1 aromatic rings. The van der Waals surface area contributed by atoms with Crippen molar-refractivity contribution in [3.8, 4) is 0 Å². The molecule has 0 aliphatic carbocycles. The van der Waals surface area contributed by atoms with Crippen LogP contribution in [0.1, 0.15) is 18.7 Å². The Labute approximate surface area is 108 Å². The summed E-state index contributed by atoms with van der Waals surface area (Å²) < 4.78 is 1.74. The van der Waals surface area contributed by atoms with Crippen LogP contribution in [0, 0.1) is 5.92 Å². The van der Waals surface area contributed by atoms with Crippen molar-refractivity contribution < 1.29 is 0 Å². The van der Waals surface area contributed by atoms with Gasteiger partial charge in [-0.05, 0) is 49.3 Å². The zero-order valence-electron chi connectivity index (χ0n) is 10.5. The Bertz CT molecular complexity index is 322. The van der Waals surface area contributed by atoms with Crippen molar-refractivity contribution >= 4 is 12.4 Å². The van der Waals surface area contributed by atoms with Crippen LogP contribution in [-0.4, -0.2) is 51.8 Å². The normalized spacial score (nSPS) is 17.1. The van der Waals surface area contributed by atoms with Crippen LogP contribution in [0.25, 0.3) is 0 Å². The highest BCUT2D eigenvalue weighted by atomic mass is 35.5. The molecule has 17 heavy (non-hydrogen) atoms. The van der Waals surface area contributed by atoms with Crippen molar-refractivity contribution in [2.45, 2.75) is 19.4 Å². The minimum Gasteiger partial charge on any atom is -0.317 e. The third kappa shape index (κ3) is 4.22. The van der Waals surface area contributed by atoms with E-state index in [4.69, 9.17) is 0 Å². The van der Waals surface area contributed by atoms with Gasteiger partial charge in [0.25, 0.3) is 0 Å². The van der Waals surface area contributed by atoms with Crippen LogP contribution in [0.5, 0.6) is 0 Å². The minimum absolute atomic E-state index is 0. The van der Waals surface area contributed by atoms with Gasteiger partial charge in [-0.2, -0.15) is 0 Å². The Balaban J connectivity index is 0.00000144. The smallest absolute Gasteiger partial charge is 0.164 e. The summed E-state index contributed by atoms with van der Waals surface area (Å²) in [5.74, 6) is 1.74. The standard InChI is InChI=1S/C10H20N6.ClH/c1-15(7-9-3-5-11-6-4-9)8-10-12-13-14-16(10)2;/h9,11H,3-8H2,1-2H3;1H. The highest BCUT2D eigenvalue weighted by molar-refractivity contribution is 5.85. The zero-order chi connectivity index (χ0) is 11.4. The maximum Gasteiger partial charge on any atom is 0.164 e. The van der Waals surface area contributed by atoms with E-state index < -0.39 is 0 Å². The van der Waals surface area contributed by atoms with Crippen molar-refractivity contribution in [2.75, 3.05) is 26.7 Å². The summed E-state index contributed by atoms with van der Waals surface area (Å²) in [5.41, 5.74) is 0. The second-order valence-electron chi connectivity index (χ2n) is 4.61. The van der Waals surface area contributed by atoms with E-state index in [0.29, 0.717) is 0 Å². The first-order valence-electron chi connectivity index (χ1n) is 5.86. The van der Waals surface area contributed by atoms with E-state index in [1.54, 1.807) is 4.68 Å². The molecule has 0 bridgehead atoms. The van der Waals surface area contributed by atoms with Gasteiger partial charge >= 0.3 is 0 Å². The van der Waals surface area contributed by atoms with Gasteiger partial charge in [-0.3, -0.25) is 4.90 Å². The number of rotatable bonds is 4. The van der Waals surface area contributed by atoms with Crippen molar-refractivity contribution in [3.05, 3.63) is 5.82 Å². The predicted molar refractivity (Wildman–Crippen MR) is 68.0 cm³/mol. The molecule has 2 rings (SSSR count). The monoisotopic (exact) mass is 260 g/mol. The summed E-state index contributed by atoms with van der Waals surface area (Å²) in [6.07, 6.45) is 2.56. The lowest BCUT2D eigenvalue weighted by Gasteiger charge is -2.27. The van der Waals surface area contributed by atoms with Gasteiger partial charge in [0.1, 0.15) is 0 Å². The maximum atomic E-state index is 4.00. The largest absolute Gasteiger partial charge is 0.317 e. The number of nitrogens with one attached hydrogen (secondary N) is 1. The summed E-state index contributed by atoms with van der Waals surface area (Å²) in [6.45, 7) is 4.27. The van der Waals surface area contributed by atoms with Gasteiger partial charge in [0.05, 0.1) is 6.54 Å². The van der Waals surface area contributed by atoms with Gasteiger partial charge in [0, 0.05) is 13.6 Å². The molecule has 7 heteroatoms. The van der Waals surface area contributed by atoms with Crippen molar-refractivity contribution in [2.24, 2.45) is 13.0 Å². The minimum atomic E-state index is 0. The highest BCUT2D eigenvalue weighted by Gasteiger charge is 2.16. The van der Waals surface area contributed by atoms with E-state index in [0.717, 1.165) is 37.9 Å². The van der Waals surface area contributed by atoms with E-state index >= 15 is 0 Å². The maximum absolute atomic E-state index is 4.00. The summed E-state index contributed by atoms with van der Waals surface area (Å²) >= 11 is 0. The molecule has 0 radical (unpaired) electrons. The first-order valence-corrected chi connectivity index (χ1v) is 5.86. The Hall–Kier alpha value is -0.720. The average molecular weight is 261 g/mol. The Morgan fingerprint density at radius 2 is 2.12 bits per heavy atom. The molecule has 6 nitrogen and oxygen atoms in total. The van der Waals surface area contributed by atoms with Crippen molar-refractivity contribution in [3.63, 3.8) is 0 Å². The quantitative estimate of drug-likeness (QED) is 0.830. The van der Waals surface area contributed by atoms with Gasteiger partial charge in [-0.1, -0.05) is 0 Å². The topological polar surface area (TPSA) is 58.9 Å². The molecule has 0 spiro atoms. The molecule has 1 aliphatic rings. The molecule has 0 unspecified atom stereocenters. The molecule has 0 atom stereocenters. The van der Waals surface area contributed by atoms with Gasteiger partial charge in [0.15, 0.2) is 5.82 Å². The number of halogens is 1. The molecule has 1 aromatic heterocycles. The lowest BCUT2D eigenvalue weighted by Crippen LogP contribution is -2.34. The number of hydrogen-bond acceptors (Lipinski definition) is 5. The molecule has 1 N–H and O–H groups in total. The number of nitrogens with zero attached hydrogens (tertiary/aromatic N) is 5. The highest BCUT2D eigenvalue weighted by Crippen LogP contribution is 2.13. The lowest BCUT2D eigenvalue weighted by atomic mass is 9.98. The average Bonchev–Trinajstić information content (AvgIpc) is 2.66. The number of tetrazole rings is 1. The summed E-state index contributed by atoms with van der Waals surface area (Å²) in [7, 11) is 4.02. The van der Waals surface area contributed by atoms with Gasteiger partial charge in [0.2, 0.25) is 0 Å². The van der Waals surface area contributed by atoms with Crippen LogP contribution in [0.15, 0.2) is 0 Å². The molecule has 2 heterocycles.